The molecule has 19 heavy (non-hydrogen) atoms. The SMILES string of the molecule is O=C1CCC(C(=O)NCCC(=O)N2CCCC2)CN1. The largest absolute Gasteiger partial charge is 0.355 e. The van der Waals surface area contributed by atoms with Crippen LogP contribution < -0.4 is 10.6 Å². The Morgan fingerprint density at radius 1 is 1.32 bits per heavy atom. The molecule has 2 fully saturated rings. The molecule has 0 radical (unpaired) electrons. The second-order valence-electron chi connectivity index (χ2n) is 5.17. The van der Waals surface area contributed by atoms with Crippen molar-refractivity contribution in [3.05, 3.63) is 0 Å². The Morgan fingerprint density at radius 3 is 2.68 bits per heavy atom. The first-order valence-corrected chi connectivity index (χ1v) is 6.99. The Balaban J connectivity index is 1.63. The zero-order chi connectivity index (χ0) is 13.7. The van der Waals surface area contributed by atoms with E-state index in [-0.39, 0.29) is 23.6 Å². The minimum Gasteiger partial charge on any atom is -0.355 e. The summed E-state index contributed by atoms with van der Waals surface area (Å²) in [6.45, 7) is 2.49. The number of amides is 3. The van der Waals surface area contributed by atoms with Crippen molar-refractivity contribution in [3.8, 4) is 0 Å². The molecule has 2 N–H and O–H groups in total. The molecule has 1 unspecified atom stereocenters. The normalized spacial score (nSPS) is 23.1. The number of nitrogens with one attached hydrogen (secondary N) is 2. The van der Waals surface area contributed by atoms with Gasteiger partial charge < -0.3 is 15.5 Å². The van der Waals surface area contributed by atoms with E-state index in [9.17, 15) is 14.4 Å². The predicted molar refractivity (Wildman–Crippen MR) is 69.2 cm³/mol. The molecule has 1 atom stereocenters. The molecule has 0 aliphatic carbocycles. The van der Waals surface area contributed by atoms with E-state index in [1.165, 1.54) is 0 Å². The molecule has 6 heteroatoms. The molecule has 106 valence electrons. The predicted octanol–water partition coefficient (Wildman–Crippen LogP) is -0.359. The van der Waals surface area contributed by atoms with E-state index in [4.69, 9.17) is 0 Å². The van der Waals surface area contributed by atoms with Crippen LogP contribution in [0.3, 0.4) is 0 Å². The van der Waals surface area contributed by atoms with Crippen LogP contribution in [0.25, 0.3) is 0 Å². The van der Waals surface area contributed by atoms with E-state index in [1.54, 1.807) is 0 Å². The summed E-state index contributed by atoms with van der Waals surface area (Å²) in [6.07, 6.45) is 3.53. The van der Waals surface area contributed by atoms with Gasteiger partial charge in [0.1, 0.15) is 0 Å². The average molecular weight is 267 g/mol. The topological polar surface area (TPSA) is 78.5 Å². The fourth-order valence-corrected chi connectivity index (χ4v) is 2.52. The molecule has 2 aliphatic heterocycles. The van der Waals surface area contributed by atoms with E-state index in [2.05, 4.69) is 10.6 Å². The fourth-order valence-electron chi connectivity index (χ4n) is 2.52. The van der Waals surface area contributed by atoms with Gasteiger partial charge in [0.25, 0.3) is 0 Å². The van der Waals surface area contributed by atoms with Crippen molar-refractivity contribution >= 4 is 17.7 Å². The van der Waals surface area contributed by atoms with Gasteiger partial charge in [-0.1, -0.05) is 0 Å². The number of nitrogens with zero attached hydrogens (tertiary/aromatic N) is 1. The quantitative estimate of drug-likeness (QED) is 0.730. The van der Waals surface area contributed by atoms with Crippen LogP contribution in [0.1, 0.15) is 32.1 Å². The van der Waals surface area contributed by atoms with E-state index in [1.807, 2.05) is 4.90 Å². The van der Waals surface area contributed by atoms with Crippen molar-refractivity contribution in [2.24, 2.45) is 5.92 Å². The van der Waals surface area contributed by atoms with E-state index in [0.717, 1.165) is 25.9 Å². The van der Waals surface area contributed by atoms with Crippen molar-refractivity contribution < 1.29 is 14.4 Å². The van der Waals surface area contributed by atoms with Crippen molar-refractivity contribution in [2.45, 2.75) is 32.1 Å². The van der Waals surface area contributed by atoms with Gasteiger partial charge in [0.2, 0.25) is 17.7 Å². The highest BCUT2D eigenvalue weighted by atomic mass is 16.2. The summed E-state index contributed by atoms with van der Waals surface area (Å²) in [6, 6.07) is 0. The molecule has 0 bridgehead atoms. The van der Waals surface area contributed by atoms with Crippen LogP contribution in [0.5, 0.6) is 0 Å². The van der Waals surface area contributed by atoms with Gasteiger partial charge in [-0.05, 0) is 19.3 Å². The first-order valence-electron chi connectivity index (χ1n) is 6.99. The number of carbonyl (C=O) groups is 3. The summed E-state index contributed by atoms with van der Waals surface area (Å²) in [4.78, 5) is 36.4. The number of likely N-dealkylation sites (tertiary alicyclic amines) is 1. The van der Waals surface area contributed by atoms with Gasteiger partial charge in [0, 0.05) is 39.0 Å². The van der Waals surface area contributed by atoms with Crippen LogP contribution in [0.4, 0.5) is 0 Å². The lowest BCUT2D eigenvalue weighted by Gasteiger charge is -2.22. The van der Waals surface area contributed by atoms with Crippen LogP contribution >= 0.6 is 0 Å². The first kappa shape index (κ1) is 13.8. The summed E-state index contributed by atoms with van der Waals surface area (Å²) in [5.74, 6) is -0.0863. The lowest BCUT2D eigenvalue weighted by Crippen LogP contribution is -2.43. The monoisotopic (exact) mass is 267 g/mol. The molecule has 0 aromatic heterocycles. The van der Waals surface area contributed by atoms with Gasteiger partial charge in [0.05, 0.1) is 5.92 Å². The molecule has 0 aromatic rings. The van der Waals surface area contributed by atoms with Crippen LogP contribution in [0, 0.1) is 5.92 Å². The zero-order valence-electron chi connectivity index (χ0n) is 11.1. The zero-order valence-corrected chi connectivity index (χ0v) is 11.1. The average Bonchev–Trinajstić information content (AvgIpc) is 2.93. The summed E-state index contributed by atoms with van der Waals surface area (Å²) in [7, 11) is 0. The standard InChI is InChI=1S/C13H21N3O3/c17-11-4-3-10(9-15-11)13(19)14-6-5-12(18)16-7-1-2-8-16/h10H,1-9H2,(H,14,19)(H,15,17). The molecule has 6 nitrogen and oxygen atoms in total. The molecule has 2 aliphatic rings. The van der Waals surface area contributed by atoms with Crippen LogP contribution in [0.15, 0.2) is 0 Å². The molecule has 0 aromatic carbocycles. The van der Waals surface area contributed by atoms with Gasteiger partial charge in [0.15, 0.2) is 0 Å². The van der Waals surface area contributed by atoms with Crippen molar-refractivity contribution in [2.75, 3.05) is 26.2 Å². The maximum Gasteiger partial charge on any atom is 0.224 e. The lowest BCUT2D eigenvalue weighted by atomic mass is 9.98. The lowest BCUT2D eigenvalue weighted by molar-refractivity contribution is -0.130. The highest BCUT2D eigenvalue weighted by molar-refractivity contribution is 5.84. The van der Waals surface area contributed by atoms with Gasteiger partial charge in [-0.2, -0.15) is 0 Å². The number of hydrogen-bond donors (Lipinski definition) is 2. The molecule has 0 spiro atoms. The highest BCUT2D eigenvalue weighted by Gasteiger charge is 2.24. The Morgan fingerprint density at radius 2 is 2.05 bits per heavy atom. The molecular formula is C13H21N3O3. The Bertz CT molecular complexity index is 354. The van der Waals surface area contributed by atoms with Gasteiger partial charge >= 0.3 is 0 Å². The smallest absolute Gasteiger partial charge is 0.224 e. The van der Waals surface area contributed by atoms with Gasteiger partial charge in [-0.25, -0.2) is 0 Å². The second kappa shape index (κ2) is 6.54. The fraction of sp³-hybridized carbons (Fsp3) is 0.769. The Kier molecular flexibility index (Phi) is 4.76. The minimum absolute atomic E-state index is 0.00765. The third kappa shape index (κ3) is 3.94. The molecular weight excluding hydrogens is 246 g/mol. The van der Waals surface area contributed by atoms with Crippen LogP contribution in [0.2, 0.25) is 0 Å². The number of rotatable bonds is 4. The Hall–Kier alpha value is -1.59. The van der Waals surface area contributed by atoms with Crippen LogP contribution in [-0.4, -0.2) is 48.8 Å². The molecule has 2 rings (SSSR count). The number of hydrogen-bond acceptors (Lipinski definition) is 3. The van der Waals surface area contributed by atoms with E-state index < -0.39 is 0 Å². The summed E-state index contributed by atoms with van der Waals surface area (Å²) in [5, 5.41) is 5.47. The second-order valence-corrected chi connectivity index (χ2v) is 5.17. The summed E-state index contributed by atoms with van der Waals surface area (Å²) < 4.78 is 0. The van der Waals surface area contributed by atoms with Crippen molar-refractivity contribution in [3.63, 3.8) is 0 Å². The molecule has 0 saturated carbocycles. The summed E-state index contributed by atoms with van der Waals surface area (Å²) >= 11 is 0. The van der Waals surface area contributed by atoms with Crippen molar-refractivity contribution in [1.29, 1.82) is 0 Å². The minimum atomic E-state index is -0.153. The van der Waals surface area contributed by atoms with Gasteiger partial charge in [-0.15, -0.1) is 0 Å². The first-order chi connectivity index (χ1) is 9.16. The molecule has 2 saturated heterocycles. The van der Waals surface area contributed by atoms with E-state index in [0.29, 0.717) is 32.4 Å². The highest BCUT2D eigenvalue weighted by Crippen LogP contribution is 2.11. The number of carbonyl (C=O) groups excluding carboxylic acids is 3. The third-order valence-corrected chi connectivity index (χ3v) is 3.73. The molecule has 3 amide bonds. The number of piperidine rings is 1. The summed E-state index contributed by atoms with van der Waals surface area (Å²) in [5.41, 5.74) is 0. The third-order valence-electron chi connectivity index (χ3n) is 3.73. The van der Waals surface area contributed by atoms with Crippen molar-refractivity contribution in [1.82, 2.24) is 15.5 Å². The van der Waals surface area contributed by atoms with E-state index >= 15 is 0 Å². The Labute approximate surface area is 112 Å². The maximum atomic E-state index is 11.8. The maximum absolute atomic E-state index is 11.8. The van der Waals surface area contributed by atoms with Gasteiger partial charge in [-0.3, -0.25) is 14.4 Å². The van der Waals surface area contributed by atoms with Crippen LogP contribution in [-0.2, 0) is 14.4 Å². The molecule has 2 heterocycles.